The first-order valence-electron chi connectivity index (χ1n) is 11.5. The predicted molar refractivity (Wildman–Crippen MR) is 129 cm³/mol. The smallest absolute Gasteiger partial charge is 0.226 e. The Morgan fingerprint density at radius 3 is 2.62 bits per heavy atom. The van der Waals surface area contributed by atoms with Crippen LogP contribution in [-0.2, 0) is 4.79 Å². The molecule has 0 saturated carbocycles. The Labute approximate surface area is 198 Å². The molecule has 1 atom stereocenters. The second-order valence-corrected chi connectivity index (χ2v) is 8.52. The molecule has 1 saturated heterocycles. The zero-order valence-corrected chi connectivity index (χ0v) is 19.5. The molecule has 4 heterocycles. The van der Waals surface area contributed by atoms with Crippen LogP contribution < -0.4 is 19.7 Å². The summed E-state index contributed by atoms with van der Waals surface area (Å²) in [5.41, 5.74) is 2.75. The molecule has 34 heavy (non-hydrogen) atoms. The first kappa shape index (κ1) is 21.9. The number of ether oxygens (including phenoxy) is 2. The van der Waals surface area contributed by atoms with Gasteiger partial charge in [0.1, 0.15) is 12.4 Å². The number of aromatic nitrogens is 4. The number of hydrogen-bond donors (Lipinski definition) is 1. The molecule has 2 aromatic heterocycles. The zero-order chi connectivity index (χ0) is 23.7. The maximum absolute atomic E-state index is 12.7. The molecule has 9 nitrogen and oxygen atoms in total. The van der Waals surface area contributed by atoms with Crippen molar-refractivity contribution in [1.82, 2.24) is 20.0 Å². The van der Waals surface area contributed by atoms with E-state index in [-0.39, 0.29) is 11.8 Å². The molecule has 1 N–H and O–H groups in total. The molecule has 9 heteroatoms. The first-order chi connectivity index (χ1) is 16.6. The number of benzene rings is 1. The molecular formula is C25H28N6O3. The molecule has 2 aliphatic heterocycles. The number of nitrogens with one attached hydrogen (secondary N) is 1. The van der Waals surface area contributed by atoms with Crippen LogP contribution >= 0.6 is 0 Å². The summed E-state index contributed by atoms with van der Waals surface area (Å²) in [5.74, 6) is 3.06. The molecule has 3 aromatic rings. The maximum Gasteiger partial charge on any atom is 0.226 e. The molecule has 1 aromatic carbocycles. The summed E-state index contributed by atoms with van der Waals surface area (Å²) in [5, 5.41) is 16.6. The standard InChI is InChI=1S/C25H28N6O3/c1-4-13-34-19-8-7-17(14-20(19)33-3)18-15-23(32)26-25-24(18)16(2)29-31(25)22-10-9-21(27-28-22)30-11-5-6-12-30/h4,7-10,14,18H,1,5-6,11-13,15H2,2-3H3,(H,26,32). The summed E-state index contributed by atoms with van der Waals surface area (Å²) in [4.78, 5) is 15.0. The van der Waals surface area contributed by atoms with E-state index < -0.39 is 0 Å². The highest BCUT2D eigenvalue weighted by molar-refractivity contribution is 5.95. The maximum atomic E-state index is 12.7. The van der Waals surface area contributed by atoms with Gasteiger partial charge in [-0.2, -0.15) is 9.78 Å². The molecule has 5 rings (SSSR count). The fraction of sp³-hybridized carbons (Fsp3) is 0.360. The number of carbonyl (C=O) groups is 1. The summed E-state index contributed by atoms with van der Waals surface area (Å²) in [7, 11) is 1.60. The normalized spacial score (nSPS) is 17.3. The third kappa shape index (κ3) is 3.98. The number of methoxy groups -OCH3 is 1. The van der Waals surface area contributed by atoms with Crippen LogP contribution in [0.5, 0.6) is 11.5 Å². The van der Waals surface area contributed by atoms with E-state index in [0.29, 0.717) is 36.2 Å². The Hall–Kier alpha value is -3.88. The third-order valence-corrected chi connectivity index (χ3v) is 6.33. The van der Waals surface area contributed by atoms with Crippen LogP contribution in [0.1, 0.15) is 42.0 Å². The summed E-state index contributed by atoms with van der Waals surface area (Å²) >= 11 is 0. The van der Waals surface area contributed by atoms with Crippen molar-refractivity contribution in [3.63, 3.8) is 0 Å². The SMILES string of the molecule is C=CCOc1ccc(C2CC(=O)Nc3c2c(C)nn3-c2ccc(N3CCCC3)nn2)cc1OC. The summed E-state index contributed by atoms with van der Waals surface area (Å²) in [6.07, 6.45) is 4.35. The molecule has 0 aliphatic carbocycles. The van der Waals surface area contributed by atoms with Gasteiger partial charge in [-0.1, -0.05) is 18.7 Å². The van der Waals surface area contributed by atoms with E-state index in [9.17, 15) is 4.79 Å². The highest BCUT2D eigenvalue weighted by Gasteiger charge is 2.33. The van der Waals surface area contributed by atoms with Crippen molar-refractivity contribution in [3.8, 4) is 17.3 Å². The lowest BCUT2D eigenvalue weighted by Gasteiger charge is -2.25. The summed E-state index contributed by atoms with van der Waals surface area (Å²) in [6, 6.07) is 9.62. The van der Waals surface area contributed by atoms with Gasteiger partial charge in [0.25, 0.3) is 0 Å². The molecule has 1 unspecified atom stereocenters. The number of rotatable bonds is 7. The van der Waals surface area contributed by atoms with Crippen molar-refractivity contribution in [2.24, 2.45) is 0 Å². The van der Waals surface area contributed by atoms with Crippen LogP contribution in [0.3, 0.4) is 0 Å². The Morgan fingerprint density at radius 1 is 1.15 bits per heavy atom. The minimum Gasteiger partial charge on any atom is -0.493 e. The van der Waals surface area contributed by atoms with Gasteiger partial charge in [0.15, 0.2) is 23.1 Å². The minimum atomic E-state index is -0.170. The molecule has 0 radical (unpaired) electrons. The molecule has 176 valence electrons. The van der Waals surface area contributed by atoms with Gasteiger partial charge < -0.3 is 19.7 Å². The number of hydrogen-bond acceptors (Lipinski definition) is 7. The third-order valence-electron chi connectivity index (χ3n) is 6.33. The average molecular weight is 461 g/mol. The van der Waals surface area contributed by atoms with E-state index in [4.69, 9.17) is 14.6 Å². The van der Waals surface area contributed by atoms with Crippen LogP contribution in [0.15, 0.2) is 43.0 Å². The quantitative estimate of drug-likeness (QED) is 0.538. The molecule has 2 aliphatic rings. The second-order valence-electron chi connectivity index (χ2n) is 8.52. The number of amides is 1. The lowest BCUT2D eigenvalue weighted by molar-refractivity contribution is -0.116. The van der Waals surface area contributed by atoms with Gasteiger partial charge in [0.2, 0.25) is 5.91 Å². The van der Waals surface area contributed by atoms with Crippen molar-refractivity contribution in [3.05, 3.63) is 59.8 Å². The van der Waals surface area contributed by atoms with Crippen LogP contribution in [0, 0.1) is 6.92 Å². The van der Waals surface area contributed by atoms with Gasteiger partial charge in [0, 0.05) is 31.0 Å². The van der Waals surface area contributed by atoms with Crippen LogP contribution in [0.25, 0.3) is 5.82 Å². The van der Waals surface area contributed by atoms with Crippen molar-refractivity contribution < 1.29 is 14.3 Å². The molecule has 0 bridgehead atoms. The molecule has 1 fully saturated rings. The highest BCUT2D eigenvalue weighted by Crippen LogP contribution is 2.42. The summed E-state index contributed by atoms with van der Waals surface area (Å²) in [6.45, 7) is 8.02. The van der Waals surface area contributed by atoms with E-state index in [1.807, 2.05) is 37.3 Å². The van der Waals surface area contributed by atoms with Gasteiger partial charge in [-0.25, -0.2) is 0 Å². The predicted octanol–water partition coefficient (Wildman–Crippen LogP) is 3.62. The lowest BCUT2D eigenvalue weighted by atomic mass is 9.85. The average Bonchev–Trinajstić information content (AvgIpc) is 3.51. The van der Waals surface area contributed by atoms with Crippen molar-refractivity contribution in [2.45, 2.75) is 32.1 Å². The number of aryl methyl sites for hydroxylation is 1. The zero-order valence-electron chi connectivity index (χ0n) is 19.5. The van der Waals surface area contributed by atoms with E-state index in [0.717, 1.165) is 35.7 Å². The Balaban J connectivity index is 1.50. The molecule has 0 spiro atoms. The second kappa shape index (κ2) is 9.17. The van der Waals surface area contributed by atoms with E-state index in [1.54, 1.807) is 17.9 Å². The van der Waals surface area contributed by atoms with Gasteiger partial charge in [-0.15, -0.1) is 10.2 Å². The Bertz CT molecular complexity index is 1210. The first-order valence-corrected chi connectivity index (χ1v) is 11.5. The van der Waals surface area contributed by atoms with E-state index in [2.05, 4.69) is 27.0 Å². The fourth-order valence-corrected chi connectivity index (χ4v) is 4.71. The minimum absolute atomic E-state index is 0.0775. The Morgan fingerprint density at radius 2 is 1.91 bits per heavy atom. The van der Waals surface area contributed by atoms with Crippen molar-refractivity contribution in [2.75, 3.05) is 37.0 Å². The highest BCUT2D eigenvalue weighted by atomic mass is 16.5. The van der Waals surface area contributed by atoms with E-state index in [1.165, 1.54) is 12.8 Å². The number of nitrogens with zero attached hydrogens (tertiary/aromatic N) is 5. The van der Waals surface area contributed by atoms with Gasteiger partial charge in [-0.3, -0.25) is 4.79 Å². The Kier molecular flexibility index (Phi) is 5.91. The number of carbonyl (C=O) groups excluding carboxylic acids is 1. The van der Waals surface area contributed by atoms with Gasteiger partial charge >= 0.3 is 0 Å². The van der Waals surface area contributed by atoms with Gasteiger partial charge in [-0.05, 0) is 49.6 Å². The molecule has 1 amide bonds. The number of anilines is 2. The van der Waals surface area contributed by atoms with Crippen molar-refractivity contribution in [1.29, 1.82) is 0 Å². The van der Waals surface area contributed by atoms with Crippen molar-refractivity contribution >= 4 is 17.5 Å². The fourth-order valence-electron chi connectivity index (χ4n) is 4.71. The lowest BCUT2D eigenvalue weighted by Crippen LogP contribution is -2.25. The molecular weight excluding hydrogens is 432 g/mol. The largest absolute Gasteiger partial charge is 0.493 e. The monoisotopic (exact) mass is 460 g/mol. The van der Waals surface area contributed by atoms with E-state index >= 15 is 0 Å². The number of fused-ring (bicyclic) bond motifs is 1. The van der Waals surface area contributed by atoms with Crippen LogP contribution in [0.4, 0.5) is 11.6 Å². The topological polar surface area (TPSA) is 94.4 Å². The van der Waals surface area contributed by atoms with Crippen LogP contribution in [-0.4, -0.2) is 52.7 Å². The van der Waals surface area contributed by atoms with Gasteiger partial charge in [0.05, 0.1) is 12.8 Å². The van der Waals surface area contributed by atoms with Crippen LogP contribution in [0.2, 0.25) is 0 Å². The summed E-state index contributed by atoms with van der Waals surface area (Å²) < 4.78 is 12.9.